The van der Waals surface area contributed by atoms with Gasteiger partial charge >= 0.3 is 5.97 Å². The van der Waals surface area contributed by atoms with Crippen molar-refractivity contribution in [2.45, 2.75) is 48.7 Å². The predicted molar refractivity (Wildman–Crippen MR) is 115 cm³/mol. The van der Waals surface area contributed by atoms with Gasteiger partial charge in [-0.2, -0.15) is 0 Å². The van der Waals surface area contributed by atoms with Gasteiger partial charge in [0.15, 0.2) is 0 Å². The van der Waals surface area contributed by atoms with Crippen molar-refractivity contribution in [1.82, 2.24) is 0 Å². The summed E-state index contributed by atoms with van der Waals surface area (Å²) in [6, 6.07) is 7.26. The summed E-state index contributed by atoms with van der Waals surface area (Å²) in [7, 11) is 1.33. The minimum Gasteiger partial charge on any atom is -0.465 e. The van der Waals surface area contributed by atoms with Crippen LogP contribution in [0.5, 0.6) is 0 Å². The van der Waals surface area contributed by atoms with E-state index in [1.165, 1.54) is 35.1 Å². The Hall–Kier alpha value is -2.32. The molecule has 1 aromatic carbocycles. The number of nitrogens with two attached hydrogens (primary N) is 1. The fraction of sp³-hybridized carbons (Fsp3) is 0.381. The molecule has 6 nitrogen and oxygen atoms in total. The van der Waals surface area contributed by atoms with Crippen molar-refractivity contribution in [3.63, 3.8) is 0 Å². The zero-order valence-corrected chi connectivity index (χ0v) is 17.7. The summed E-state index contributed by atoms with van der Waals surface area (Å²) in [5.41, 5.74) is 7.78. The van der Waals surface area contributed by atoms with E-state index >= 15 is 0 Å². The molecular weight excluding hydrogens is 408 g/mol. The molecular formula is C21H22N2O4S2. The van der Waals surface area contributed by atoms with Crippen LogP contribution in [0.2, 0.25) is 0 Å². The molecule has 2 amide bonds. The van der Waals surface area contributed by atoms with Crippen LogP contribution in [0.15, 0.2) is 29.2 Å². The fourth-order valence-corrected chi connectivity index (χ4v) is 6.38. The Morgan fingerprint density at radius 1 is 1.24 bits per heavy atom. The van der Waals surface area contributed by atoms with E-state index in [0.717, 1.165) is 47.4 Å². The molecule has 2 aromatic rings. The monoisotopic (exact) mass is 430 g/mol. The number of hydrogen-bond acceptors (Lipinski definition) is 7. The quantitative estimate of drug-likeness (QED) is 0.343. The van der Waals surface area contributed by atoms with E-state index in [1.54, 1.807) is 12.1 Å². The molecule has 0 radical (unpaired) electrons. The molecule has 1 saturated heterocycles. The van der Waals surface area contributed by atoms with Gasteiger partial charge in [-0.05, 0) is 49.4 Å². The molecule has 29 heavy (non-hydrogen) atoms. The highest BCUT2D eigenvalue weighted by Gasteiger charge is 2.43. The lowest BCUT2D eigenvalue weighted by molar-refractivity contribution is -0.121. The number of thioether (sulfide) groups is 1. The molecule has 2 heterocycles. The van der Waals surface area contributed by atoms with Crippen LogP contribution in [0.1, 0.15) is 46.5 Å². The zero-order valence-electron chi connectivity index (χ0n) is 16.1. The van der Waals surface area contributed by atoms with Gasteiger partial charge in [-0.3, -0.25) is 9.59 Å². The van der Waals surface area contributed by atoms with Crippen molar-refractivity contribution < 1.29 is 19.1 Å². The highest BCUT2D eigenvalue weighted by Crippen LogP contribution is 2.43. The van der Waals surface area contributed by atoms with Crippen molar-refractivity contribution >= 4 is 51.6 Å². The van der Waals surface area contributed by atoms with Gasteiger partial charge in [0.1, 0.15) is 5.00 Å². The number of nitrogen functional groups attached to an aromatic ring is 1. The molecule has 0 saturated carbocycles. The summed E-state index contributed by atoms with van der Waals surface area (Å²) in [6.45, 7) is 0. The largest absolute Gasteiger partial charge is 0.465 e. The van der Waals surface area contributed by atoms with Crippen molar-refractivity contribution in [1.29, 1.82) is 0 Å². The summed E-state index contributed by atoms with van der Waals surface area (Å²) in [5, 5.41) is -0.105. The van der Waals surface area contributed by atoms with Crippen LogP contribution < -0.4 is 10.6 Å². The van der Waals surface area contributed by atoms with E-state index in [4.69, 9.17) is 10.5 Å². The standard InChI is InChI=1S/C21H22N2O4S2/c1-27-21(26)18-14-8-3-2-4-9-15(14)29-20(18)23-17(24)11-16(19(23)25)28-13-7-5-6-12(22)10-13/h5-7,10,16H,2-4,8-9,11,22H2,1H3. The topological polar surface area (TPSA) is 89.7 Å². The summed E-state index contributed by atoms with van der Waals surface area (Å²) in [5.74, 6) is -1.05. The number of fused-ring (bicyclic) bond motifs is 1. The number of esters is 1. The minimum absolute atomic E-state index is 0.0987. The van der Waals surface area contributed by atoms with Crippen molar-refractivity contribution in [2.24, 2.45) is 0 Å². The van der Waals surface area contributed by atoms with Gasteiger partial charge in [-0.15, -0.1) is 23.1 Å². The van der Waals surface area contributed by atoms with E-state index in [2.05, 4.69) is 0 Å². The normalized spacial score (nSPS) is 19.2. The first kappa shape index (κ1) is 20.0. The maximum absolute atomic E-state index is 13.2. The Kier molecular flexibility index (Phi) is 5.65. The maximum Gasteiger partial charge on any atom is 0.341 e. The average molecular weight is 431 g/mol. The third kappa shape index (κ3) is 3.79. The van der Waals surface area contributed by atoms with Crippen LogP contribution in [-0.4, -0.2) is 30.1 Å². The van der Waals surface area contributed by atoms with E-state index in [9.17, 15) is 14.4 Å². The Bertz CT molecular complexity index is 985. The molecule has 2 N–H and O–H groups in total. The number of rotatable bonds is 4. The molecule has 0 bridgehead atoms. The molecule has 1 aromatic heterocycles. The number of hydrogen-bond donors (Lipinski definition) is 1. The number of carbonyl (C=O) groups is 3. The van der Waals surface area contributed by atoms with Crippen molar-refractivity contribution in [2.75, 3.05) is 17.7 Å². The summed E-state index contributed by atoms with van der Waals surface area (Å²) < 4.78 is 5.01. The molecule has 2 aliphatic rings. The molecule has 8 heteroatoms. The third-order valence-electron chi connectivity index (χ3n) is 5.24. The van der Waals surface area contributed by atoms with Gasteiger partial charge in [0.2, 0.25) is 11.8 Å². The molecule has 1 atom stereocenters. The molecule has 1 aliphatic carbocycles. The van der Waals surface area contributed by atoms with Crippen LogP contribution in [0, 0.1) is 0 Å². The minimum atomic E-state index is -0.531. The second-order valence-electron chi connectivity index (χ2n) is 7.19. The smallest absolute Gasteiger partial charge is 0.341 e. The van der Waals surface area contributed by atoms with Crippen LogP contribution in [0.4, 0.5) is 10.7 Å². The van der Waals surface area contributed by atoms with E-state index in [0.29, 0.717) is 16.3 Å². The number of aryl methyl sites for hydroxylation is 1. The number of anilines is 2. The van der Waals surface area contributed by atoms with E-state index in [-0.39, 0.29) is 18.2 Å². The van der Waals surface area contributed by atoms with Crippen LogP contribution in [0.3, 0.4) is 0 Å². The fourth-order valence-electron chi connectivity index (χ4n) is 3.86. The number of imide groups is 1. The molecule has 1 aliphatic heterocycles. The van der Waals surface area contributed by atoms with Crippen LogP contribution >= 0.6 is 23.1 Å². The Labute approximate surface area is 177 Å². The summed E-state index contributed by atoms with van der Waals surface area (Å²) in [6.07, 6.45) is 4.88. The Morgan fingerprint density at radius 2 is 2.03 bits per heavy atom. The molecule has 152 valence electrons. The second-order valence-corrected chi connectivity index (χ2v) is 9.55. The molecule has 1 fully saturated rings. The lowest BCUT2D eigenvalue weighted by Crippen LogP contribution is -2.31. The Balaban J connectivity index is 1.68. The van der Waals surface area contributed by atoms with Crippen molar-refractivity contribution in [3.05, 3.63) is 40.3 Å². The SMILES string of the molecule is COC(=O)c1c(N2C(=O)CC(Sc3cccc(N)c3)C2=O)sc2c1CCCCC2. The number of ether oxygens (including phenoxy) is 1. The maximum atomic E-state index is 13.2. The number of methoxy groups -OCH3 is 1. The molecule has 0 spiro atoms. The van der Waals surface area contributed by atoms with E-state index < -0.39 is 11.2 Å². The highest BCUT2D eigenvalue weighted by atomic mass is 32.2. The van der Waals surface area contributed by atoms with Crippen molar-refractivity contribution in [3.8, 4) is 0 Å². The Morgan fingerprint density at radius 3 is 2.79 bits per heavy atom. The van der Waals surface area contributed by atoms with Gasteiger partial charge in [0, 0.05) is 21.9 Å². The number of carbonyl (C=O) groups excluding carboxylic acids is 3. The molecule has 1 unspecified atom stereocenters. The van der Waals surface area contributed by atoms with Crippen LogP contribution in [0.25, 0.3) is 0 Å². The zero-order chi connectivity index (χ0) is 20.5. The van der Waals surface area contributed by atoms with Gasteiger partial charge in [-0.1, -0.05) is 12.5 Å². The average Bonchev–Trinajstić information content (AvgIpc) is 3.06. The first-order valence-corrected chi connectivity index (χ1v) is 11.3. The molecule has 4 rings (SSSR count). The van der Waals surface area contributed by atoms with Gasteiger partial charge in [0.25, 0.3) is 0 Å². The second kappa shape index (κ2) is 8.20. The van der Waals surface area contributed by atoms with Gasteiger partial charge in [0.05, 0.1) is 17.9 Å². The number of benzene rings is 1. The highest BCUT2D eigenvalue weighted by molar-refractivity contribution is 8.00. The lowest BCUT2D eigenvalue weighted by Gasteiger charge is -2.15. The van der Waals surface area contributed by atoms with E-state index in [1.807, 2.05) is 12.1 Å². The first-order valence-electron chi connectivity index (χ1n) is 9.61. The number of nitrogens with zero attached hydrogens (tertiary/aromatic N) is 1. The number of amides is 2. The third-order valence-corrected chi connectivity index (χ3v) is 7.69. The summed E-state index contributed by atoms with van der Waals surface area (Å²) in [4.78, 5) is 41.7. The number of thiophene rings is 1. The van der Waals surface area contributed by atoms with Gasteiger partial charge in [-0.25, -0.2) is 9.69 Å². The lowest BCUT2D eigenvalue weighted by atomic mass is 10.1. The van der Waals surface area contributed by atoms with Gasteiger partial charge < -0.3 is 10.5 Å². The summed E-state index contributed by atoms with van der Waals surface area (Å²) >= 11 is 2.72. The first-order chi connectivity index (χ1) is 14.0. The predicted octanol–water partition coefficient (Wildman–Crippen LogP) is 3.81. The van der Waals surface area contributed by atoms with Crippen LogP contribution in [-0.2, 0) is 27.2 Å².